The summed E-state index contributed by atoms with van der Waals surface area (Å²) in [6, 6.07) is 7.23. The standard InChI is InChI=1S/C15H18N2O4/c1-15(2,3)21-14(20)17-12(13(18)19)8-10-5-4-6-11(7-10)9-16/h4-7,12H,8H2,1-3H3,(H,17,20)(H,18,19)/p-1/t12-/m0/s1. The molecule has 0 aliphatic heterocycles. The Kier molecular flexibility index (Phi) is 5.30. The van der Waals surface area contributed by atoms with Crippen molar-refractivity contribution in [3.05, 3.63) is 35.4 Å². The number of aliphatic carboxylic acids is 1. The second kappa shape index (κ2) is 6.75. The molecule has 0 aromatic heterocycles. The number of hydrogen-bond donors (Lipinski definition) is 1. The lowest BCUT2D eigenvalue weighted by molar-refractivity contribution is -0.308. The highest BCUT2D eigenvalue weighted by Gasteiger charge is 2.20. The van der Waals surface area contributed by atoms with Crippen molar-refractivity contribution in [2.75, 3.05) is 0 Å². The van der Waals surface area contributed by atoms with Crippen LogP contribution in [0.15, 0.2) is 24.3 Å². The number of hydrogen-bond acceptors (Lipinski definition) is 5. The summed E-state index contributed by atoms with van der Waals surface area (Å²) in [5.41, 5.74) is 0.308. The number of nitrogens with zero attached hydrogens (tertiary/aromatic N) is 1. The zero-order valence-corrected chi connectivity index (χ0v) is 12.2. The molecule has 1 rings (SSSR count). The summed E-state index contributed by atoms with van der Waals surface area (Å²) in [7, 11) is 0. The van der Waals surface area contributed by atoms with Gasteiger partial charge in [0, 0.05) is 0 Å². The van der Waals surface area contributed by atoms with Gasteiger partial charge in [0.2, 0.25) is 0 Å². The van der Waals surface area contributed by atoms with Crippen LogP contribution in [0.25, 0.3) is 0 Å². The highest BCUT2D eigenvalue weighted by Crippen LogP contribution is 2.09. The quantitative estimate of drug-likeness (QED) is 0.880. The van der Waals surface area contributed by atoms with Crippen molar-refractivity contribution < 1.29 is 19.4 Å². The maximum absolute atomic E-state index is 11.6. The van der Waals surface area contributed by atoms with Crippen LogP contribution in [0.3, 0.4) is 0 Å². The van der Waals surface area contributed by atoms with Crippen molar-refractivity contribution in [3.63, 3.8) is 0 Å². The predicted molar refractivity (Wildman–Crippen MR) is 73.0 cm³/mol. The first-order chi connectivity index (χ1) is 9.71. The lowest BCUT2D eigenvalue weighted by Crippen LogP contribution is -2.50. The first-order valence-corrected chi connectivity index (χ1v) is 6.40. The third-order valence-corrected chi connectivity index (χ3v) is 2.47. The van der Waals surface area contributed by atoms with Crippen molar-refractivity contribution >= 4 is 12.1 Å². The molecule has 6 nitrogen and oxygen atoms in total. The van der Waals surface area contributed by atoms with E-state index < -0.39 is 23.7 Å². The minimum absolute atomic E-state index is 0.0110. The van der Waals surface area contributed by atoms with E-state index in [0.717, 1.165) is 0 Å². The molecule has 21 heavy (non-hydrogen) atoms. The lowest BCUT2D eigenvalue weighted by Gasteiger charge is -2.24. The van der Waals surface area contributed by atoms with Gasteiger partial charge < -0.3 is 20.0 Å². The molecule has 1 aromatic rings. The van der Waals surface area contributed by atoms with E-state index in [1.54, 1.807) is 45.0 Å². The van der Waals surface area contributed by atoms with Crippen LogP contribution >= 0.6 is 0 Å². The van der Waals surface area contributed by atoms with Gasteiger partial charge in [-0.05, 0) is 44.9 Å². The molecule has 0 heterocycles. The Morgan fingerprint density at radius 3 is 2.62 bits per heavy atom. The number of carbonyl (C=O) groups excluding carboxylic acids is 2. The van der Waals surface area contributed by atoms with Crippen LogP contribution in [0.1, 0.15) is 31.9 Å². The average molecular weight is 289 g/mol. The third-order valence-electron chi connectivity index (χ3n) is 2.47. The average Bonchev–Trinajstić information content (AvgIpc) is 2.36. The molecule has 0 bridgehead atoms. The molecular weight excluding hydrogens is 272 g/mol. The van der Waals surface area contributed by atoms with Gasteiger partial charge in [0.15, 0.2) is 0 Å². The van der Waals surface area contributed by atoms with Crippen LogP contribution < -0.4 is 10.4 Å². The van der Waals surface area contributed by atoms with Crippen LogP contribution in [0.5, 0.6) is 0 Å². The number of carbonyl (C=O) groups is 2. The van der Waals surface area contributed by atoms with Gasteiger partial charge in [-0.1, -0.05) is 12.1 Å². The molecule has 0 aliphatic carbocycles. The number of nitriles is 1. The number of benzene rings is 1. The van der Waals surface area contributed by atoms with Crippen LogP contribution in [-0.2, 0) is 16.0 Å². The minimum Gasteiger partial charge on any atom is -0.548 e. The van der Waals surface area contributed by atoms with Crippen molar-refractivity contribution in [1.82, 2.24) is 5.32 Å². The normalized spacial score (nSPS) is 12.1. The summed E-state index contributed by atoms with van der Waals surface area (Å²) in [6.07, 6.45) is -0.815. The van der Waals surface area contributed by atoms with Crippen LogP contribution in [0.2, 0.25) is 0 Å². The number of rotatable bonds is 4. The summed E-state index contributed by atoms with van der Waals surface area (Å²) in [4.78, 5) is 22.7. The second-order valence-corrected chi connectivity index (χ2v) is 5.53. The third kappa shape index (κ3) is 5.95. The largest absolute Gasteiger partial charge is 0.548 e. The number of ether oxygens (including phenoxy) is 1. The van der Waals surface area contributed by atoms with Crippen LogP contribution in [-0.4, -0.2) is 23.7 Å². The number of alkyl carbamates (subject to hydrolysis) is 1. The van der Waals surface area contributed by atoms with Crippen molar-refractivity contribution in [1.29, 1.82) is 5.26 Å². The smallest absolute Gasteiger partial charge is 0.408 e. The summed E-state index contributed by atoms with van der Waals surface area (Å²) < 4.78 is 5.01. The molecular formula is C15H17N2O4-. The van der Waals surface area contributed by atoms with Gasteiger partial charge in [0.25, 0.3) is 0 Å². The number of amides is 1. The lowest BCUT2D eigenvalue weighted by atomic mass is 10.0. The van der Waals surface area contributed by atoms with E-state index in [0.29, 0.717) is 11.1 Å². The second-order valence-electron chi connectivity index (χ2n) is 5.53. The highest BCUT2D eigenvalue weighted by atomic mass is 16.6. The van der Waals surface area contributed by atoms with Crippen molar-refractivity contribution in [3.8, 4) is 6.07 Å². The minimum atomic E-state index is -1.41. The molecule has 0 spiro atoms. The van der Waals surface area contributed by atoms with Crippen LogP contribution in [0, 0.1) is 11.3 Å². The molecule has 112 valence electrons. The van der Waals surface area contributed by atoms with Gasteiger partial charge in [-0.3, -0.25) is 0 Å². The first-order valence-electron chi connectivity index (χ1n) is 6.40. The number of nitrogens with one attached hydrogen (secondary N) is 1. The molecule has 1 amide bonds. The summed E-state index contributed by atoms with van der Waals surface area (Å²) >= 11 is 0. The molecule has 0 radical (unpaired) electrons. The van der Waals surface area contributed by atoms with E-state index in [1.807, 2.05) is 6.07 Å². The molecule has 1 atom stereocenters. The van der Waals surface area contributed by atoms with E-state index in [1.165, 1.54) is 0 Å². The predicted octanol–water partition coefficient (Wildman–Crippen LogP) is 0.744. The van der Waals surface area contributed by atoms with Gasteiger partial charge in [0.1, 0.15) is 5.60 Å². The van der Waals surface area contributed by atoms with E-state index in [2.05, 4.69) is 5.32 Å². The first kappa shape index (κ1) is 16.5. The molecule has 1 N–H and O–H groups in total. The Labute approximate surface area is 123 Å². The Balaban J connectivity index is 2.77. The molecule has 0 aliphatic rings. The molecule has 0 saturated heterocycles. The number of carboxylic acids is 1. The molecule has 0 unspecified atom stereocenters. The Morgan fingerprint density at radius 1 is 1.43 bits per heavy atom. The summed E-state index contributed by atoms with van der Waals surface area (Å²) in [5.74, 6) is -1.41. The maximum atomic E-state index is 11.6. The fourth-order valence-corrected chi connectivity index (χ4v) is 1.65. The summed E-state index contributed by atoms with van der Waals surface area (Å²) in [5, 5.41) is 22.2. The molecule has 6 heteroatoms. The topological polar surface area (TPSA) is 102 Å². The van der Waals surface area contributed by atoms with Gasteiger partial charge >= 0.3 is 6.09 Å². The zero-order chi connectivity index (χ0) is 16.0. The highest BCUT2D eigenvalue weighted by molar-refractivity contribution is 5.79. The molecule has 0 saturated carbocycles. The molecule has 0 fully saturated rings. The van der Waals surface area contributed by atoms with Crippen LogP contribution in [0.4, 0.5) is 4.79 Å². The summed E-state index contributed by atoms with van der Waals surface area (Å²) in [6.45, 7) is 5.03. The van der Waals surface area contributed by atoms with Gasteiger partial charge in [-0.2, -0.15) is 5.26 Å². The fraction of sp³-hybridized carbons (Fsp3) is 0.400. The Morgan fingerprint density at radius 2 is 2.10 bits per heavy atom. The fourth-order valence-electron chi connectivity index (χ4n) is 1.65. The van der Waals surface area contributed by atoms with Gasteiger partial charge in [0.05, 0.1) is 23.6 Å². The zero-order valence-electron chi connectivity index (χ0n) is 12.2. The molecule has 1 aromatic carbocycles. The van der Waals surface area contributed by atoms with E-state index in [4.69, 9.17) is 10.00 Å². The van der Waals surface area contributed by atoms with E-state index in [9.17, 15) is 14.7 Å². The Bertz CT molecular complexity index is 570. The van der Waals surface area contributed by atoms with Crippen molar-refractivity contribution in [2.24, 2.45) is 0 Å². The van der Waals surface area contributed by atoms with E-state index in [-0.39, 0.29) is 6.42 Å². The Hall–Kier alpha value is -2.55. The van der Waals surface area contributed by atoms with Gasteiger partial charge in [-0.15, -0.1) is 0 Å². The number of carboxylic acid groups (broad SMARTS) is 1. The monoisotopic (exact) mass is 289 g/mol. The van der Waals surface area contributed by atoms with Crippen molar-refractivity contribution in [2.45, 2.75) is 38.8 Å². The van der Waals surface area contributed by atoms with E-state index >= 15 is 0 Å². The van der Waals surface area contributed by atoms with Gasteiger partial charge in [-0.25, -0.2) is 4.79 Å². The SMILES string of the molecule is CC(C)(C)OC(=O)N[C@@H](Cc1cccc(C#N)c1)C(=O)[O-]. The maximum Gasteiger partial charge on any atom is 0.408 e.